The molecule has 1 aliphatic heterocycles. The summed E-state index contributed by atoms with van der Waals surface area (Å²) in [6.07, 6.45) is 5.69. The van der Waals surface area contributed by atoms with Gasteiger partial charge in [-0.15, -0.1) is 24.8 Å². The van der Waals surface area contributed by atoms with Gasteiger partial charge in [0.1, 0.15) is 0 Å². The Bertz CT molecular complexity index is 418. The van der Waals surface area contributed by atoms with Crippen molar-refractivity contribution in [1.82, 2.24) is 10.2 Å². The van der Waals surface area contributed by atoms with Crippen LogP contribution in [0.2, 0.25) is 0 Å². The zero-order valence-electron chi connectivity index (χ0n) is 12.3. The Morgan fingerprint density at radius 3 is 2.38 bits per heavy atom. The molecule has 1 aromatic carbocycles. The van der Waals surface area contributed by atoms with Crippen molar-refractivity contribution in [3.05, 3.63) is 33.4 Å². The number of hydrogen-bond acceptors (Lipinski definition) is 2. The van der Waals surface area contributed by atoms with Crippen LogP contribution in [0, 0.1) is 9.49 Å². The number of nitrogens with zero attached hydrogens (tertiary/aromatic N) is 1. The van der Waals surface area contributed by atoms with Crippen LogP contribution < -0.4 is 5.32 Å². The molecule has 1 saturated carbocycles. The largest absolute Gasteiger partial charge is 0.314 e. The fourth-order valence-electron chi connectivity index (χ4n) is 3.71. The Hall–Kier alpha value is 0.450. The number of rotatable bonds is 3. The Kier molecular flexibility index (Phi) is 8.87. The maximum atomic E-state index is 3.48. The van der Waals surface area contributed by atoms with E-state index in [2.05, 4.69) is 57.1 Å². The van der Waals surface area contributed by atoms with Gasteiger partial charge in [0.25, 0.3) is 0 Å². The molecule has 1 atom stereocenters. The molecule has 2 nitrogen and oxygen atoms in total. The van der Waals surface area contributed by atoms with Crippen molar-refractivity contribution >= 4 is 47.4 Å². The fraction of sp³-hybridized carbons (Fsp3) is 0.625. The van der Waals surface area contributed by atoms with Gasteiger partial charge >= 0.3 is 0 Å². The maximum absolute atomic E-state index is 3.48. The van der Waals surface area contributed by atoms with Gasteiger partial charge in [0, 0.05) is 35.8 Å². The van der Waals surface area contributed by atoms with Crippen molar-refractivity contribution < 1.29 is 0 Å². The van der Waals surface area contributed by atoms with Crippen molar-refractivity contribution in [3.63, 3.8) is 0 Å². The predicted octanol–water partition coefficient (Wildman–Crippen LogP) is 4.27. The molecule has 0 radical (unpaired) electrons. The van der Waals surface area contributed by atoms with Gasteiger partial charge in [0.05, 0.1) is 0 Å². The van der Waals surface area contributed by atoms with Crippen molar-refractivity contribution in [3.8, 4) is 0 Å². The Morgan fingerprint density at radius 1 is 1.10 bits per heavy atom. The standard InChI is InChI=1S/C16H23IN2.2ClH/c17-15-7-3-6-14(12-15)16(13-4-1-2-5-13)19-10-8-18-9-11-19;;/h3,6-7,12-13,16,18H,1-2,4-5,8-11H2;2*1H/t16-;;/m0../s1. The second-order valence-corrected chi connectivity index (χ2v) is 7.08. The van der Waals surface area contributed by atoms with E-state index in [0.29, 0.717) is 6.04 Å². The topological polar surface area (TPSA) is 15.3 Å². The van der Waals surface area contributed by atoms with Gasteiger partial charge in [0.15, 0.2) is 0 Å². The van der Waals surface area contributed by atoms with Crippen LogP contribution in [0.5, 0.6) is 0 Å². The van der Waals surface area contributed by atoms with E-state index in [0.717, 1.165) is 19.0 Å². The molecule has 0 aromatic heterocycles. The van der Waals surface area contributed by atoms with Crippen LogP contribution in [-0.2, 0) is 0 Å². The number of halogens is 3. The van der Waals surface area contributed by atoms with Crippen LogP contribution in [0.1, 0.15) is 37.3 Å². The highest BCUT2D eigenvalue weighted by Gasteiger charge is 2.31. The summed E-state index contributed by atoms with van der Waals surface area (Å²) < 4.78 is 1.37. The third kappa shape index (κ3) is 4.96. The van der Waals surface area contributed by atoms with E-state index >= 15 is 0 Å². The number of benzene rings is 1. The number of piperazine rings is 1. The molecule has 120 valence electrons. The monoisotopic (exact) mass is 442 g/mol. The van der Waals surface area contributed by atoms with Crippen LogP contribution in [-0.4, -0.2) is 31.1 Å². The average molecular weight is 443 g/mol. The average Bonchev–Trinajstić information content (AvgIpc) is 2.94. The first-order valence-corrected chi connectivity index (χ1v) is 8.63. The third-order valence-corrected chi connectivity index (χ3v) is 5.25. The maximum Gasteiger partial charge on any atom is 0.0377 e. The summed E-state index contributed by atoms with van der Waals surface area (Å²) in [4.78, 5) is 2.72. The first kappa shape index (κ1) is 19.5. The lowest BCUT2D eigenvalue weighted by Gasteiger charge is -2.38. The minimum absolute atomic E-state index is 0. The lowest BCUT2D eigenvalue weighted by Crippen LogP contribution is -2.46. The molecule has 0 unspecified atom stereocenters. The van der Waals surface area contributed by atoms with Gasteiger partial charge < -0.3 is 5.32 Å². The van der Waals surface area contributed by atoms with Gasteiger partial charge in [-0.3, -0.25) is 4.90 Å². The molecule has 1 heterocycles. The van der Waals surface area contributed by atoms with Crippen LogP contribution in [0.4, 0.5) is 0 Å². The first-order chi connectivity index (χ1) is 9.34. The molecule has 1 aromatic rings. The van der Waals surface area contributed by atoms with Crippen molar-refractivity contribution in [2.24, 2.45) is 5.92 Å². The molecule has 2 fully saturated rings. The van der Waals surface area contributed by atoms with E-state index in [9.17, 15) is 0 Å². The molecule has 21 heavy (non-hydrogen) atoms. The molecular weight excluding hydrogens is 418 g/mol. The van der Waals surface area contributed by atoms with Crippen molar-refractivity contribution in [2.45, 2.75) is 31.7 Å². The second-order valence-electron chi connectivity index (χ2n) is 5.83. The molecule has 1 saturated heterocycles. The molecule has 1 aliphatic carbocycles. The van der Waals surface area contributed by atoms with Crippen LogP contribution in [0.25, 0.3) is 0 Å². The van der Waals surface area contributed by atoms with Crippen molar-refractivity contribution in [1.29, 1.82) is 0 Å². The van der Waals surface area contributed by atoms with Crippen LogP contribution in [0.15, 0.2) is 24.3 Å². The molecule has 5 heteroatoms. The Morgan fingerprint density at radius 2 is 1.76 bits per heavy atom. The van der Waals surface area contributed by atoms with Gasteiger partial charge in [-0.1, -0.05) is 25.0 Å². The van der Waals surface area contributed by atoms with E-state index in [4.69, 9.17) is 0 Å². The summed E-state index contributed by atoms with van der Waals surface area (Å²) >= 11 is 2.44. The number of nitrogens with one attached hydrogen (secondary N) is 1. The quantitative estimate of drug-likeness (QED) is 0.703. The summed E-state index contributed by atoms with van der Waals surface area (Å²) in [7, 11) is 0. The predicted molar refractivity (Wildman–Crippen MR) is 103 cm³/mol. The summed E-state index contributed by atoms with van der Waals surface area (Å²) in [5.74, 6) is 0.872. The molecule has 2 aliphatic rings. The number of hydrogen-bond donors (Lipinski definition) is 1. The van der Waals surface area contributed by atoms with E-state index < -0.39 is 0 Å². The zero-order valence-corrected chi connectivity index (χ0v) is 16.1. The molecule has 1 N–H and O–H groups in total. The van der Waals surface area contributed by atoms with E-state index in [1.807, 2.05) is 0 Å². The summed E-state index contributed by atoms with van der Waals surface area (Å²) in [5.41, 5.74) is 1.54. The third-order valence-electron chi connectivity index (χ3n) is 4.58. The van der Waals surface area contributed by atoms with Gasteiger partial charge in [-0.05, 0) is 59.0 Å². The normalized spacial score (nSPS) is 21.4. The summed E-state index contributed by atoms with van der Waals surface area (Å²) in [6.45, 7) is 4.69. The minimum Gasteiger partial charge on any atom is -0.314 e. The van der Waals surface area contributed by atoms with Crippen molar-refractivity contribution in [2.75, 3.05) is 26.2 Å². The minimum atomic E-state index is 0. The van der Waals surface area contributed by atoms with E-state index in [1.54, 1.807) is 5.56 Å². The van der Waals surface area contributed by atoms with Crippen LogP contribution in [0.3, 0.4) is 0 Å². The highest BCUT2D eigenvalue weighted by Crippen LogP contribution is 2.39. The van der Waals surface area contributed by atoms with Gasteiger partial charge in [0.2, 0.25) is 0 Å². The lowest BCUT2D eigenvalue weighted by molar-refractivity contribution is 0.125. The zero-order chi connectivity index (χ0) is 13.1. The van der Waals surface area contributed by atoms with Crippen LogP contribution >= 0.6 is 47.4 Å². The smallest absolute Gasteiger partial charge is 0.0377 e. The summed E-state index contributed by atoms with van der Waals surface area (Å²) in [6, 6.07) is 9.81. The van der Waals surface area contributed by atoms with Gasteiger partial charge in [-0.2, -0.15) is 0 Å². The lowest BCUT2D eigenvalue weighted by atomic mass is 9.90. The Labute approximate surface area is 154 Å². The molecule has 0 bridgehead atoms. The highest BCUT2D eigenvalue weighted by molar-refractivity contribution is 14.1. The second kappa shape index (κ2) is 9.56. The summed E-state index contributed by atoms with van der Waals surface area (Å²) in [5, 5.41) is 3.48. The molecule has 3 rings (SSSR count). The molecular formula is C16H25Cl2IN2. The highest BCUT2D eigenvalue weighted by atomic mass is 127. The fourth-order valence-corrected chi connectivity index (χ4v) is 4.27. The van der Waals surface area contributed by atoms with Gasteiger partial charge in [-0.25, -0.2) is 0 Å². The van der Waals surface area contributed by atoms with E-state index in [1.165, 1.54) is 42.3 Å². The van der Waals surface area contributed by atoms with E-state index in [-0.39, 0.29) is 24.8 Å². The SMILES string of the molecule is Cl.Cl.Ic1cccc([C@H](C2CCCC2)N2CCNCC2)c1. The first-order valence-electron chi connectivity index (χ1n) is 7.55. The molecule has 0 amide bonds. The Balaban J connectivity index is 0.00000110. The molecule has 0 spiro atoms.